The van der Waals surface area contributed by atoms with E-state index in [9.17, 15) is 8.42 Å². The molecule has 1 saturated heterocycles. The molecule has 0 radical (unpaired) electrons. The Morgan fingerprint density at radius 1 is 1.00 bits per heavy atom. The summed E-state index contributed by atoms with van der Waals surface area (Å²) < 4.78 is 31.9. The maximum Gasteiger partial charge on any atom is 0.243 e. The molecule has 2 aromatic carbocycles. The van der Waals surface area contributed by atoms with E-state index in [4.69, 9.17) is 4.74 Å². The SMILES string of the molecule is CC(C)c1ccc(C=Nc2ccc(S(=O)(=O)N3CCOCC3)cc2)cc1. The molecule has 2 aromatic rings. The quantitative estimate of drug-likeness (QED) is 0.754. The lowest BCUT2D eigenvalue weighted by molar-refractivity contribution is 0.0730. The van der Waals surface area contributed by atoms with Crippen LogP contribution in [0, 0.1) is 0 Å². The van der Waals surface area contributed by atoms with Gasteiger partial charge in [0.15, 0.2) is 0 Å². The van der Waals surface area contributed by atoms with E-state index in [2.05, 4.69) is 31.0 Å². The molecular weight excluding hydrogens is 348 g/mol. The first-order valence-corrected chi connectivity index (χ1v) is 10.2. The largest absolute Gasteiger partial charge is 0.379 e. The highest BCUT2D eigenvalue weighted by molar-refractivity contribution is 7.89. The molecule has 0 saturated carbocycles. The van der Waals surface area contributed by atoms with Crippen LogP contribution in [0.4, 0.5) is 5.69 Å². The average molecular weight is 372 g/mol. The molecule has 0 bridgehead atoms. The zero-order chi connectivity index (χ0) is 18.6. The Kier molecular flexibility index (Phi) is 5.86. The molecule has 0 atom stereocenters. The third kappa shape index (κ3) is 4.38. The molecule has 1 aliphatic rings. The summed E-state index contributed by atoms with van der Waals surface area (Å²) in [7, 11) is -3.46. The van der Waals surface area contributed by atoms with Gasteiger partial charge in [0.2, 0.25) is 10.0 Å². The van der Waals surface area contributed by atoms with Crippen molar-refractivity contribution in [2.75, 3.05) is 26.3 Å². The number of aliphatic imine (C=N–C) groups is 1. The van der Waals surface area contributed by atoms with Gasteiger partial charge in [-0.1, -0.05) is 38.1 Å². The number of hydrogen-bond donors (Lipinski definition) is 0. The van der Waals surface area contributed by atoms with E-state index in [1.807, 2.05) is 12.1 Å². The fraction of sp³-hybridized carbons (Fsp3) is 0.350. The summed E-state index contributed by atoms with van der Waals surface area (Å²) in [5, 5.41) is 0. The highest BCUT2D eigenvalue weighted by Gasteiger charge is 2.25. The van der Waals surface area contributed by atoms with Crippen LogP contribution in [0.15, 0.2) is 58.4 Å². The highest BCUT2D eigenvalue weighted by Crippen LogP contribution is 2.21. The second-order valence-electron chi connectivity index (χ2n) is 6.59. The Balaban J connectivity index is 1.71. The number of nitrogens with zero attached hydrogens (tertiary/aromatic N) is 2. The molecule has 0 spiro atoms. The van der Waals surface area contributed by atoms with Crippen LogP contribution in [0.1, 0.15) is 30.9 Å². The van der Waals surface area contributed by atoms with E-state index in [1.165, 1.54) is 9.87 Å². The van der Waals surface area contributed by atoms with Crippen molar-refractivity contribution in [2.45, 2.75) is 24.7 Å². The number of benzene rings is 2. The number of rotatable bonds is 5. The van der Waals surface area contributed by atoms with Crippen LogP contribution in [0.2, 0.25) is 0 Å². The van der Waals surface area contributed by atoms with Gasteiger partial charge < -0.3 is 4.74 Å². The topological polar surface area (TPSA) is 59.0 Å². The van der Waals surface area contributed by atoms with Gasteiger partial charge in [-0.3, -0.25) is 4.99 Å². The summed E-state index contributed by atoms with van der Waals surface area (Å²) in [5.74, 6) is 0.502. The Morgan fingerprint density at radius 3 is 2.19 bits per heavy atom. The molecule has 5 nitrogen and oxygen atoms in total. The monoisotopic (exact) mass is 372 g/mol. The molecule has 138 valence electrons. The van der Waals surface area contributed by atoms with Gasteiger partial charge in [0, 0.05) is 19.3 Å². The van der Waals surface area contributed by atoms with Crippen molar-refractivity contribution in [3.8, 4) is 0 Å². The second kappa shape index (κ2) is 8.12. The minimum Gasteiger partial charge on any atom is -0.379 e. The summed E-state index contributed by atoms with van der Waals surface area (Å²) in [5.41, 5.74) is 3.03. The van der Waals surface area contributed by atoms with Gasteiger partial charge >= 0.3 is 0 Å². The smallest absolute Gasteiger partial charge is 0.243 e. The second-order valence-corrected chi connectivity index (χ2v) is 8.53. The molecule has 0 N–H and O–H groups in total. The maximum atomic E-state index is 12.6. The minimum atomic E-state index is -3.46. The zero-order valence-electron chi connectivity index (χ0n) is 15.1. The lowest BCUT2D eigenvalue weighted by atomic mass is 10.0. The summed E-state index contributed by atoms with van der Waals surface area (Å²) >= 11 is 0. The lowest BCUT2D eigenvalue weighted by Gasteiger charge is -2.26. The molecule has 1 fully saturated rings. The van der Waals surface area contributed by atoms with E-state index in [-0.39, 0.29) is 0 Å². The predicted octanol–water partition coefficient (Wildman–Crippen LogP) is 3.58. The van der Waals surface area contributed by atoms with Gasteiger partial charge in [-0.05, 0) is 41.3 Å². The lowest BCUT2D eigenvalue weighted by Crippen LogP contribution is -2.40. The van der Waals surface area contributed by atoms with E-state index >= 15 is 0 Å². The van der Waals surface area contributed by atoms with Crippen LogP contribution in [0.5, 0.6) is 0 Å². The van der Waals surface area contributed by atoms with Gasteiger partial charge in [0.1, 0.15) is 0 Å². The van der Waals surface area contributed by atoms with Crippen molar-refractivity contribution in [3.05, 3.63) is 59.7 Å². The molecule has 1 heterocycles. The van der Waals surface area contributed by atoms with E-state index in [0.29, 0.717) is 37.1 Å². The minimum absolute atomic E-state index is 0.291. The molecule has 0 amide bonds. The fourth-order valence-electron chi connectivity index (χ4n) is 2.76. The molecule has 3 rings (SSSR count). The Labute approximate surface area is 155 Å². The van der Waals surface area contributed by atoms with Gasteiger partial charge in [-0.25, -0.2) is 8.42 Å². The van der Waals surface area contributed by atoms with Crippen molar-refractivity contribution < 1.29 is 13.2 Å². The summed E-state index contributed by atoms with van der Waals surface area (Å²) in [6.07, 6.45) is 1.79. The number of sulfonamides is 1. The molecule has 26 heavy (non-hydrogen) atoms. The third-order valence-electron chi connectivity index (χ3n) is 4.41. The Bertz CT molecular complexity index is 851. The summed E-state index contributed by atoms with van der Waals surface area (Å²) in [4.78, 5) is 4.72. The van der Waals surface area contributed by atoms with Crippen LogP contribution >= 0.6 is 0 Å². The Morgan fingerprint density at radius 2 is 1.62 bits per heavy atom. The fourth-order valence-corrected chi connectivity index (χ4v) is 4.16. The molecule has 0 aliphatic carbocycles. The predicted molar refractivity (Wildman–Crippen MR) is 104 cm³/mol. The van der Waals surface area contributed by atoms with Gasteiger partial charge in [0.25, 0.3) is 0 Å². The zero-order valence-corrected chi connectivity index (χ0v) is 15.9. The van der Waals surface area contributed by atoms with Crippen LogP contribution < -0.4 is 0 Å². The van der Waals surface area contributed by atoms with Crippen LogP contribution in [-0.4, -0.2) is 45.2 Å². The molecule has 0 aromatic heterocycles. The van der Waals surface area contributed by atoms with Crippen LogP contribution in [0.3, 0.4) is 0 Å². The van der Waals surface area contributed by atoms with Crippen molar-refractivity contribution in [2.24, 2.45) is 4.99 Å². The molecule has 6 heteroatoms. The van der Waals surface area contributed by atoms with E-state index in [0.717, 1.165) is 11.3 Å². The molecule has 0 unspecified atom stereocenters. The van der Waals surface area contributed by atoms with Crippen LogP contribution in [-0.2, 0) is 14.8 Å². The summed E-state index contributed by atoms with van der Waals surface area (Å²) in [6.45, 7) is 6.00. The van der Waals surface area contributed by atoms with Crippen molar-refractivity contribution >= 4 is 21.9 Å². The van der Waals surface area contributed by atoms with Crippen LogP contribution in [0.25, 0.3) is 0 Å². The number of ether oxygens (including phenoxy) is 1. The first-order chi connectivity index (χ1) is 12.5. The van der Waals surface area contributed by atoms with Crippen molar-refractivity contribution in [1.29, 1.82) is 0 Å². The molecular formula is C20H24N2O3S. The first kappa shape index (κ1) is 18.8. The van der Waals surface area contributed by atoms with Gasteiger partial charge in [0.05, 0.1) is 23.8 Å². The normalized spacial score (nSPS) is 16.4. The van der Waals surface area contributed by atoms with Gasteiger partial charge in [-0.15, -0.1) is 0 Å². The van der Waals surface area contributed by atoms with E-state index in [1.54, 1.807) is 30.5 Å². The maximum absolute atomic E-state index is 12.6. The van der Waals surface area contributed by atoms with Gasteiger partial charge in [-0.2, -0.15) is 4.31 Å². The number of hydrogen-bond acceptors (Lipinski definition) is 4. The highest BCUT2D eigenvalue weighted by atomic mass is 32.2. The molecule has 1 aliphatic heterocycles. The number of morpholine rings is 1. The van der Waals surface area contributed by atoms with Crippen molar-refractivity contribution in [1.82, 2.24) is 4.31 Å². The first-order valence-electron chi connectivity index (χ1n) is 8.79. The average Bonchev–Trinajstić information content (AvgIpc) is 2.67. The standard InChI is InChI=1S/C20H24N2O3S/c1-16(2)18-5-3-17(4-6-18)15-21-19-7-9-20(10-8-19)26(23,24)22-11-13-25-14-12-22/h3-10,15-16H,11-14H2,1-2H3. The van der Waals surface area contributed by atoms with Crippen molar-refractivity contribution in [3.63, 3.8) is 0 Å². The third-order valence-corrected chi connectivity index (χ3v) is 6.32. The summed E-state index contributed by atoms with van der Waals surface area (Å²) in [6, 6.07) is 15.0. The van der Waals surface area contributed by atoms with E-state index < -0.39 is 10.0 Å². The Hall–Kier alpha value is -2.02.